The van der Waals surface area contributed by atoms with Gasteiger partial charge in [0.1, 0.15) is 5.75 Å². The van der Waals surface area contributed by atoms with Crippen LogP contribution < -0.4 is 4.74 Å². The molecule has 3 rings (SSSR count). The van der Waals surface area contributed by atoms with Crippen molar-refractivity contribution in [3.05, 3.63) is 35.4 Å². The van der Waals surface area contributed by atoms with Gasteiger partial charge < -0.3 is 4.74 Å². The molecule has 0 heterocycles. The van der Waals surface area contributed by atoms with E-state index in [0.717, 1.165) is 18.6 Å². The van der Waals surface area contributed by atoms with E-state index < -0.39 is 0 Å². The molecule has 0 saturated heterocycles. The molecule has 0 aromatic heterocycles. The van der Waals surface area contributed by atoms with Gasteiger partial charge in [0.15, 0.2) is 5.78 Å². The van der Waals surface area contributed by atoms with E-state index in [-0.39, 0.29) is 11.2 Å². The first-order chi connectivity index (χ1) is 9.68. The molecule has 1 aromatic rings. The summed E-state index contributed by atoms with van der Waals surface area (Å²) >= 11 is 0. The van der Waals surface area contributed by atoms with Gasteiger partial charge >= 0.3 is 0 Å². The van der Waals surface area contributed by atoms with Gasteiger partial charge in [-0.15, -0.1) is 0 Å². The van der Waals surface area contributed by atoms with Crippen molar-refractivity contribution in [2.75, 3.05) is 7.11 Å². The number of ketones is 1. The number of unbranched alkanes of at least 4 members (excludes halogenated alkanes) is 1. The smallest absolute Gasteiger partial charge is 0.156 e. The van der Waals surface area contributed by atoms with Crippen LogP contribution in [0.5, 0.6) is 5.75 Å². The van der Waals surface area contributed by atoms with E-state index in [4.69, 9.17) is 4.74 Å². The number of hydrogen-bond donors (Lipinski definition) is 0. The van der Waals surface area contributed by atoms with Gasteiger partial charge in [-0.05, 0) is 54.2 Å². The third-order valence-corrected chi connectivity index (χ3v) is 4.87. The topological polar surface area (TPSA) is 26.3 Å². The van der Waals surface area contributed by atoms with Crippen LogP contribution in [0.2, 0.25) is 0 Å². The molecule has 0 spiro atoms. The molecule has 2 heteroatoms. The Hall–Kier alpha value is -1.57. The van der Waals surface area contributed by atoms with Crippen LogP contribution in [0.3, 0.4) is 0 Å². The molecule has 106 valence electrons. The summed E-state index contributed by atoms with van der Waals surface area (Å²) in [6, 6.07) is 6.29. The Kier molecular flexibility index (Phi) is 3.41. The van der Waals surface area contributed by atoms with E-state index in [1.807, 2.05) is 12.1 Å². The Bertz CT molecular complexity index is 571. The molecule has 2 aliphatic rings. The number of rotatable bonds is 4. The van der Waals surface area contributed by atoms with Crippen molar-refractivity contribution in [1.82, 2.24) is 0 Å². The van der Waals surface area contributed by atoms with Crippen molar-refractivity contribution in [3.8, 4) is 5.75 Å². The minimum absolute atomic E-state index is 0.207. The van der Waals surface area contributed by atoms with Gasteiger partial charge in [0.25, 0.3) is 0 Å². The highest BCUT2D eigenvalue weighted by molar-refractivity contribution is 6.01. The highest BCUT2D eigenvalue weighted by Crippen LogP contribution is 2.54. The third kappa shape index (κ3) is 2.07. The van der Waals surface area contributed by atoms with E-state index in [9.17, 15) is 4.79 Å². The van der Waals surface area contributed by atoms with E-state index in [1.54, 1.807) is 7.11 Å². The van der Waals surface area contributed by atoms with Crippen molar-refractivity contribution < 1.29 is 9.53 Å². The summed E-state index contributed by atoms with van der Waals surface area (Å²) in [4.78, 5) is 11.9. The molecule has 0 N–H and O–H groups in total. The molecule has 0 radical (unpaired) electrons. The lowest BCUT2D eigenvalue weighted by Crippen LogP contribution is -2.25. The van der Waals surface area contributed by atoms with Crippen LogP contribution in [0.15, 0.2) is 24.3 Å². The third-order valence-electron chi connectivity index (χ3n) is 4.87. The van der Waals surface area contributed by atoms with E-state index >= 15 is 0 Å². The number of ether oxygens (including phenoxy) is 1. The summed E-state index contributed by atoms with van der Waals surface area (Å²) in [5.74, 6) is 1.20. The average molecular weight is 270 g/mol. The number of carbonyl (C=O) groups is 1. The van der Waals surface area contributed by atoms with Crippen LogP contribution >= 0.6 is 0 Å². The van der Waals surface area contributed by atoms with Gasteiger partial charge in [0, 0.05) is 11.8 Å². The fraction of sp³-hybridized carbons (Fsp3) is 0.500. The SMILES string of the molecule is CCCCC12CCC(=O)C=C1c1ccc(OC)cc1C2. The lowest BCUT2D eigenvalue weighted by molar-refractivity contribution is -0.115. The van der Waals surface area contributed by atoms with Crippen molar-refractivity contribution in [1.29, 1.82) is 0 Å². The molecule has 2 aliphatic carbocycles. The molecule has 0 saturated carbocycles. The average Bonchev–Trinajstić information content (AvgIpc) is 2.78. The first-order valence-corrected chi connectivity index (χ1v) is 7.61. The number of carbonyl (C=O) groups excluding carboxylic acids is 1. The van der Waals surface area contributed by atoms with Gasteiger partial charge in [0.05, 0.1) is 7.11 Å². The first kappa shape index (κ1) is 13.4. The van der Waals surface area contributed by atoms with Gasteiger partial charge in [-0.3, -0.25) is 4.79 Å². The number of methoxy groups -OCH3 is 1. The predicted octanol–water partition coefficient (Wildman–Crippen LogP) is 4.17. The summed E-state index contributed by atoms with van der Waals surface area (Å²) in [6.07, 6.45) is 8.34. The zero-order valence-electron chi connectivity index (χ0n) is 12.4. The predicted molar refractivity (Wildman–Crippen MR) is 80.9 cm³/mol. The van der Waals surface area contributed by atoms with Crippen LogP contribution in [0.4, 0.5) is 0 Å². The Morgan fingerprint density at radius 3 is 2.95 bits per heavy atom. The number of allylic oxidation sites excluding steroid dienone is 2. The minimum atomic E-state index is 0.207. The molecule has 1 atom stereocenters. The molecular formula is C18H22O2. The van der Waals surface area contributed by atoms with E-state index in [2.05, 4.69) is 19.1 Å². The zero-order valence-corrected chi connectivity index (χ0v) is 12.4. The fourth-order valence-electron chi connectivity index (χ4n) is 3.76. The maximum Gasteiger partial charge on any atom is 0.156 e. The molecule has 1 unspecified atom stereocenters. The molecule has 0 aliphatic heterocycles. The fourth-order valence-corrected chi connectivity index (χ4v) is 3.76. The Balaban J connectivity index is 2.04. The number of hydrogen-bond acceptors (Lipinski definition) is 2. The van der Waals surface area contributed by atoms with Gasteiger partial charge in [-0.25, -0.2) is 0 Å². The minimum Gasteiger partial charge on any atom is -0.497 e. The van der Waals surface area contributed by atoms with Crippen molar-refractivity contribution in [2.45, 2.75) is 45.4 Å². The van der Waals surface area contributed by atoms with Crippen molar-refractivity contribution in [2.24, 2.45) is 5.41 Å². The van der Waals surface area contributed by atoms with Crippen LogP contribution in [0.1, 0.15) is 50.2 Å². The lowest BCUT2D eigenvalue weighted by Gasteiger charge is -2.34. The van der Waals surface area contributed by atoms with Crippen molar-refractivity contribution in [3.63, 3.8) is 0 Å². The first-order valence-electron chi connectivity index (χ1n) is 7.61. The normalized spacial score (nSPS) is 24.1. The zero-order chi connectivity index (χ0) is 14.2. The summed E-state index contributed by atoms with van der Waals surface area (Å²) in [5, 5.41) is 0. The van der Waals surface area contributed by atoms with Gasteiger partial charge in [-0.2, -0.15) is 0 Å². The molecule has 0 amide bonds. The van der Waals surface area contributed by atoms with Gasteiger partial charge in [-0.1, -0.05) is 25.8 Å². The maximum absolute atomic E-state index is 11.9. The molecule has 1 aromatic carbocycles. The number of benzene rings is 1. The molecular weight excluding hydrogens is 248 g/mol. The van der Waals surface area contributed by atoms with Crippen molar-refractivity contribution >= 4 is 11.4 Å². The van der Waals surface area contributed by atoms with Crippen LogP contribution in [0, 0.1) is 5.41 Å². The quantitative estimate of drug-likeness (QED) is 0.820. The summed E-state index contributed by atoms with van der Waals surface area (Å²) < 4.78 is 5.34. The Morgan fingerprint density at radius 2 is 2.20 bits per heavy atom. The second-order valence-electron chi connectivity index (χ2n) is 6.11. The molecule has 2 nitrogen and oxygen atoms in total. The highest BCUT2D eigenvalue weighted by atomic mass is 16.5. The second kappa shape index (κ2) is 5.08. The van der Waals surface area contributed by atoms with Crippen LogP contribution in [-0.2, 0) is 11.2 Å². The second-order valence-corrected chi connectivity index (χ2v) is 6.11. The van der Waals surface area contributed by atoms with Crippen LogP contribution in [-0.4, -0.2) is 12.9 Å². The monoisotopic (exact) mass is 270 g/mol. The maximum atomic E-state index is 11.9. The van der Waals surface area contributed by atoms with E-state index in [1.165, 1.54) is 36.0 Å². The highest BCUT2D eigenvalue weighted by Gasteiger charge is 2.43. The van der Waals surface area contributed by atoms with Crippen LogP contribution in [0.25, 0.3) is 5.57 Å². The van der Waals surface area contributed by atoms with E-state index in [0.29, 0.717) is 6.42 Å². The lowest BCUT2D eigenvalue weighted by atomic mass is 9.69. The molecule has 20 heavy (non-hydrogen) atoms. The largest absolute Gasteiger partial charge is 0.497 e. The summed E-state index contributed by atoms with van der Waals surface area (Å²) in [6.45, 7) is 2.24. The van der Waals surface area contributed by atoms with Gasteiger partial charge in [0.2, 0.25) is 0 Å². The number of fused-ring (bicyclic) bond motifs is 3. The standard InChI is InChI=1S/C18H22O2/c1-3-4-8-18-9-7-14(19)11-17(18)16-6-5-15(20-2)10-13(16)12-18/h5-6,10-11H,3-4,7-9,12H2,1-2H3. The summed E-state index contributed by atoms with van der Waals surface area (Å²) in [7, 11) is 1.71. The molecule has 0 fully saturated rings. The molecule has 0 bridgehead atoms. The summed E-state index contributed by atoms with van der Waals surface area (Å²) in [5.41, 5.74) is 4.12. The Labute approximate surface area is 120 Å². The Morgan fingerprint density at radius 1 is 1.35 bits per heavy atom.